The lowest BCUT2D eigenvalue weighted by atomic mass is 10.2. The predicted octanol–water partition coefficient (Wildman–Crippen LogP) is 1.95. The molecule has 0 bridgehead atoms. The molecule has 0 N–H and O–H groups in total. The van der Waals surface area contributed by atoms with Crippen LogP contribution < -0.4 is 0 Å². The SMILES string of the molecule is CSc1ccc(-c2noc(C3CCCN3S(C)(=O)=O)n2)nc1. The van der Waals surface area contributed by atoms with Crippen molar-refractivity contribution in [2.45, 2.75) is 23.8 Å². The molecule has 1 aliphatic rings. The Bertz CT molecular complexity index is 758. The topological polar surface area (TPSA) is 89.2 Å². The van der Waals surface area contributed by atoms with Crippen molar-refractivity contribution in [3.8, 4) is 11.5 Å². The molecule has 1 aliphatic heterocycles. The van der Waals surface area contributed by atoms with Crippen molar-refractivity contribution in [3.63, 3.8) is 0 Å². The Labute approximate surface area is 133 Å². The minimum Gasteiger partial charge on any atom is -0.337 e. The van der Waals surface area contributed by atoms with Crippen LogP contribution >= 0.6 is 11.8 Å². The standard InChI is InChI=1S/C13H16N4O3S2/c1-21-9-5-6-10(14-8-9)12-15-13(20-16-12)11-4-3-7-17(11)22(2,18)19/h5-6,8,11H,3-4,7H2,1-2H3. The first-order chi connectivity index (χ1) is 10.5. The maximum absolute atomic E-state index is 11.8. The first-order valence-electron chi connectivity index (χ1n) is 6.80. The van der Waals surface area contributed by atoms with E-state index in [0.29, 0.717) is 30.4 Å². The molecule has 1 fully saturated rings. The Morgan fingerprint density at radius 1 is 1.41 bits per heavy atom. The summed E-state index contributed by atoms with van der Waals surface area (Å²) in [6.45, 7) is 0.488. The highest BCUT2D eigenvalue weighted by Gasteiger charge is 2.36. The molecule has 0 aliphatic carbocycles. The molecule has 3 rings (SSSR count). The van der Waals surface area contributed by atoms with Crippen LogP contribution in [0.5, 0.6) is 0 Å². The van der Waals surface area contributed by atoms with Crippen molar-refractivity contribution in [3.05, 3.63) is 24.2 Å². The second-order valence-corrected chi connectivity index (χ2v) is 7.89. The van der Waals surface area contributed by atoms with Gasteiger partial charge in [0, 0.05) is 17.6 Å². The zero-order valence-electron chi connectivity index (χ0n) is 12.3. The summed E-state index contributed by atoms with van der Waals surface area (Å²) in [6.07, 6.45) is 6.40. The normalized spacial score (nSPS) is 19.6. The molecular formula is C13H16N4O3S2. The molecular weight excluding hydrogens is 324 g/mol. The third-order valence-corrected chi connectivity index (χ3v) is 5.56. The van der Waals surface area contributed by atoms with Gasteiger partial charge in [-0.15, -0.1) is 11.8 Å². The zero-order chi connectivity index (χ0) is 15.7. The van der Waals surface area contributed by atoms with Crippen LogP contribution in [0.2, 0.25) is 0 Å². The zero-order valence-corrected chi connectivity index (χ0v) is 13.9. The highest BCUT2D eigenvalue weighted by Crippen LogP contribution is 2.33. The van der Waals surface area contributed by atoms with Gasteiger partial charge in [0.2, 0.25) is 21.7 Å². The molecule has 2 aromatic heterocycles. The number of pyridine rings is 1. The molecule has 1 saturated heterocycles. The first kappa shape index (κ1) is 15.4. The lowest BCUT2D eigenvalue weighted by molar-refractivity contribution is 0.291. The predicted molar refractivity (Wildman–Crippen MR) is 82.8 cm³/mol. The quantitative estimate of drug-likeness (QED) is 0.786. The number of rotatable bonds is 4. The summed E-state index contributed by atoms with van der Waals surface area (Å²) >= 11 is 1.60. The fourth-order valence-corrected chi connectivity index (χ4v) is 3.97. The van der Waals surface area contributed by atoms with Crippen molar-refractivity contribution in [2.24, 2.45) is 0 Å². The third kappa shape index (κ3) is 3.01. The van der Waals surface area contributed by atoms with Crippen LogP contribution in [0.1, 0.15) is 24.8 Å². The van der Waals surface area contributed by atoms with Gasteiger partial charge in [-0.25, -0.2) is 8.42 Å². The van der Waals surface area contributed by atoms with Crippen molar-refractivity contribution in [1.29, 1.82) is 0 Å². The van der Waals surface area contributed by atoms with E-state index in [1.165, 1.54) is 10.6 Å². The van der Waals surface area contributed by atoms with Gasteiger partial charge in [-0.05, 0) is 31.2 Å². The molecule has 0 radical (unpaired) electrons. The monoisotopic (exact) mass is 340 g/mol. The minimum atomic E-state index is -3.28. The maximum Gasteiger partial charge on any atom is 0.245 e. The largest absolute Gasteiger partial charge is 0.337 e. The summed E-state index contributed by atoms with van der Waals surface area (Å²) in [5.41, 5.74) is 0.608. The molecule has 118 valence electrons. The average Bonchev–Trinajstić information content (AvgIpc) is 3.15. The Hall–Kier alpha value is -1.45. The Balaban J connectivity index is 1.87. The highest BCUT2D eigenvalue weighted by atomic mass is 32.2. The van der Waals surface area contributed by atoms with Crippen molar-refractivity contribution in [2.75, 3.05) is 19.1 Å². The molecule has 22 heavy (non-hydrogen) atoms. The molecule has 0 saturated carbocycles. The summed E-state index contributed by atoms with van der Waals surface area (Å²) < 4.78 is 30.3. The van der Waals surface area contributed by atoms with E-state index in [1.54, 1.807) is 18.0 Å². The van der Waals surface area contributed by atoms with Crippen molar-refractivity contribution in [1.82, 2.24) is 19.4 Å². The van der Waals surface area contributed by atoms with Gasteiger partial charge in [0.25, 0.3) is 0 Å². The van der Waals surface area contributed by atoms with E-state index in [2.05, 4.69) is 15.1 Å². The maximum atomic E-state index is 11.8. The molecule has 0 aromatic carbocycles. The van der Waals surface area contributed by atoms with E-state index in [-0.39, 0.29) is 6.04 Å². The summed E-state index contributed by atoms with van der Waals surface area (Å²) in [5, 5.41) is 3.93. The third-order valence-electron chi connectivity index (χ3n) is 3.56. The minimum absolute atomic E-state index is 0.327. The van der Waals surface area contributed by atoms with E-state index in [0.717, 1.165) is 11.3 Å². The van der Waals surface area contributed by atoms with Gasteiger partial charge in [-0.2, -0.15) is 9.29 Å². The number of sulfonamides is 1. The van der Waals surface area contributed by atoms with Crippen molar-refractivity contribution < 1.29 is 12.9 Å². The second-order valence-electron chi connectivity index (χ2n) is 5.07. The van der Waals surface area contributed by atoms with Crippen LogP contribution in [0.3, 0.4) is 0 Å². The van der Waals surface area contributed by atoms with Gasteiger partial charge < -0.3 is 4.52 Å². The van der Waals surface area contributed by atoms with Crippen molar-refractivity contribution >= 4 is 21.8 Å². The molecule has 1 atom stereocenters. The number of hydrogen-bond donors (Lipinski definition) is 0. The number of aromatic nitrogens is 3. The lowest BCUT2D eigenvalue weighted by Crippen LogP contribution is -2.29. The second kappa shape index (κ2) is 5.98. The Kier molecular flexibility index (Phi) is 4.20. The van der Waals surface area contributed by atoms with E-state index in [9.17, 15) is 8.42 Å². The average molecular weight is 340 g/mol. The van der Waals surface area contributed by atoms with E-state index < -0.39 is 10.0 Å². The summed E-state index contributed by atoms with van der Waals surface area (Å²) in [5.74, 6) is 0.705. The van der Waals surface area contributed by atoms with Gasteiger partial charge in [0.1, 0.15) is 11.7 Å². The summed E-state index contributed by atoms with van der Waals surface area (Å²) in [6, 6.07) is 3.38. The van der Waals surface area contributed by atoms with E-state index in [4.69, 9.17) is 4.52 Å². The first-order valence-corrected chi connectivity index (χ1v) is 9.87. The van der Waals surface area contributed by atoms with Crippen LogP contribution in [0.25, 0.3) is 11.5 Å². The lowest BCUT2D eigenvalue weighted by Gasteiger charge is -2.18. The number of thioether (sulfide) groups is 1. The van der Waals surface area contributed by atoms with Gasteiger partial charge in [-0.3, -0.25) is 4.98 Å². The van der Waals surface area contributed by atoms with Gasteiger partial charge >= 0.3 is 0 Å². The van der Waals surface area contributed by atoms with Crippen LogP contribution in [0.15, 0.2) is 27.7 Å². The van der Waals surface area contributed by atoms with Crippen LogP contribution in [0.4, 0.5) is 0 Å². The molecule has 1 unspecified atom stereocenters. The van der Waals surface area contributed by atoms with Gasteiger partial charge in [0.15, 0.2) is 0 Å². The van der Waals surface area contributed by atoms with Crippen LogP contribution in [-0.2, 0) is 10.0 Å². The molecule has 9 heteroatoms. The number of nitrogens with zero attached hydrogens (tertiary/aromatic N) is 4. The summed E-state index contributed by atoms with van der Waals surface area (Å²) in [7, 11) is -3.28. The van der Waals surface area contributed by atoms with E-state index in [1.807, 2.05) is 18.4 Å². The molecule has 0 amide bonds. The highest BCUT2D eigenvalue weighted by molar-refractivity contribution is 7.98. The molecule has 0 spiro atoms. The fourth-order valence-electron chi connectivity index (χ4n) is 2.49. The fraction of sp³-hybridized carbons (Fsp3) is 0.462. The molecule has 2 aromatic rings. The van der Waals surface area contributed by atoms with Gasteiger partial charge in [0.05, 0.1) is 6.26 Å². The van der Waals surface area contributed by atoms with Crippen LogP contribution in [0, 0.1) is 0 Å². The Morgan fingerprint density at radius 2 is 2.23 bits per heavy atom. The smallest absolute Gasteiger partial charge is 0.245 e. The van der Waals surface area contributed by atoms with E-state index >= 15 is 0 Å². The molecule has 3 heterocycles. The van der Waals surface area contributed by atoms with Crippen LogP contribution in [-0.4, -0.2) is 46.9 Å². The number of hydrogen-bond acceptors (Lipinski definition) is 7. The Morgan fingerprint density at radius 3 is 2.86 bits per heavy atom. The van der Waals surface area contributed by atoms with Gasteiger partial charge in [-0.1, -0.05) is 5.16 Å². The molecule has 7 nitrogen and oxygen atoms in total. The summed E-state index contributed by atoms with van der Waals surface area (Å²) in [4.78, 5) is 9.67.